The van der Waals surface area contributed by atoms with Crippen molar-refractivity contribution < 1.29 is 0 Å². The van der Waals surface area contributed by atoms with Crippen LogP contribution in [0.2, 0.25) is 0 Å². The third-order valence-corrected chi connectivity index (χ3v) is 4.07. The summed E-state index contributed by atoms with van der Waals surface area (Å²) in [6, 6.07) is 0.490. The highest BCUT2D eigenvalue weighted by Gasteiger charge is 2.24. The Balaban J connectivity index is 2.26. The van der Waals surface area contributed by atoms with E-state index in [1.165, 1.54) is 29.8 Å². The van der Waals surface area contributed by atoms with Crippen molar-refractivity contribution in [3.05, 3.63) is 10.6 Å². The Hall–Kier alpha value is -0.610. The van der Waals surface area contributed by atoms with E-state index >= 15 is 0 Å². The molecule has 15 heavy (non-hydrogen) atoms. The van der Waals surface area contributed by atoms with Gasteiger partial charge in [0, 0.05) is 19.0 Å². The summed E-state index contributed by atoms with van der Waals surface area (Å²) >= 11 is 1.85. The second-order valence-corrected chi connectivity index (χ2v) is 5.26. The molecule has 0 amide bonds. The summed E-state index contributed by atoms with van der Waals surface area (Å²) < 4.78 is 0. The zero-order chi connectivity index (χ0) is 10.8. The number of anilines is 1. The molecule has 1 aromatic rings. The molecule has 0 aliphatic heterocycles. The molecule has 2 rings (SSSR count). The summed E-state index contributed by atoms with van der Waals surface area (Å²) in [5, 5.41) is 4.66. The SMILES string of the molecule is CCNC1CCCc2sc(N(C)C)nc21. The highest BCUT2D eigenvalue weighted by molar-refractivity contribution is 7.15. The van der Waals surface area contributed by atoms with Gasteiger partial charge in [-0.25, -0.2) is 4.98 Å². The lowest BCUT2D eigenvalue weighted by atomic mass is 9.98. The van der Waals surface area contributed by atoms with E-state index in [1.54, 1.807) is 0 Å². The van der Waals surface area contributed by atoms with Crippen LogP contribution in [0.4, 0.5) is 5.13 Å². The zero-order valence-electron chi connectivity index (χ0n) is 9.71. The molecule has 1 aromatic heterocycles. The van der Waals surface area contributed by atoms with E-state index < -0.39 is 0 Å². The molecule has 3 nitrogen and oxygen atoms in total. The van der Waals surface area contributed by atoms with Gasteiger partial charge in [0.25, 0.3) is 0 Å². The van der Waals surface area contributed by atoms with E-state index in [4.69, 9.17) is 4.98 Å². The number of fused-ring (bicyclic) bond motifs is 1. The van der Waals surface area contributed by atoms with Gasteiger partial charge in [0.2, 0.25) is 0 Å². The predicted octanol–water partition coefficient (Wildman–Crippen LogP) is 2.20. The topological polar surface area (TPSA) is 28.2 Å². The van der Waals surface area contributed by atoms with Crippen LogP contribution in [-0.4, -0.2) is 25.6 Å². The average molecular weight is 225 g/mol. The third-order valence-electron chi connectivity index (χ3n) is 2.78. The van der Waals surface area contributed by atoms with E-state index in [0.29, 0.717) is 6.04 Å². The molecule has 1 aliphatic rings. The lowest BCUT2D eigenvalue weighted by molar-refractivity contribution is 0.465. The van der Waals surface area contributed by atoms with Crippen molar-refractivity contribution in [3.63, 3.8) is 0 Å². The van der Waals surface area contributed by atoms with Crippen molar-refractivity contribution in [2.45, 2.75) is 32.2 Å². The molecule has 1 N–H and O–H groups in total. The van der Waals surface area contributed by atoms with Crippen molar-refractivity contribution in [3.8, 4) is 0 Å². The minimum absolute atomic E-state index is 0.490. The van der Waals surface area contributed by atoms with E-state index in [0.717, 1.165) is 11.7 Å². The van der Waals surface area contributed by atoms with E-state index in [2.05, 4.69) is 31.2 Å². The number of hydrogen-bond donors (Lipinski definition) is 1. The molecule has 84 valence electrons. The molecular weight excluding hydrogens is 206 g/mol. The summed E-state index contributed by atoms with van der Waals surface area (Å²) in [4.78, 5) is 8.32. The molecule has 0 aromatic carbocycles. The van der Waals surface area contributed by atoms with Crippen LogP contribution < -0.4 is 10.2 Å². The molecule has 0 radical (unpaired) electrons. The van der Waals surface area contributed by atoms with Crippen LogP contribution in [0.3, 0.4) is 0 Å². The zero-order valence-corrected chi connectivity index (χ0v) is 10.5. The van der Waals surface area contributed by atoms with Crippen LogP contribution in [0.15, 0.2) is 0 Å². The van der Waals surface area contributed by atoms with E-state index in [9.17, 15) is 0 Å². The number of aromatic nitrogens is 1. The first kappa shape index (κ1) is 10.9. The van der Waals surface area contributed by atoms with Gasteiger partial charge in [-0.05, 0) is 25.8 Å². The van der Waals surface area contributed by atoms with Gasteiger partial charge in [-0.3, -0.25) is 0 Å². The van der Waals surface area contributed by atoms with Gasteiger partial charge in [0.05, 0.1) is 11.7 Å². The maximum atomic E-state index is 4.73. The number of hydrogen-bond acceptors (Lipinski definition) is 4. The van der Waals surface area contributed by atoms with Crippen molar-refractivity contribution in [2.75, 3.05) is 25.5 Å². The summed E-state index contributed by atoms with van der Waals surface area (Å²) in [6.07, 6.45) is 3.74. The first-order valence-corrected chi connectivity index (χ1v) is 6.44. The monoisotopic (exact) mass is 225 g/mol. The average Bonchev–Trinajstić information content (AvgIpc) is 2.63. The second kappa shape index (κ2) is 4.49. The summed E-state index contributed by atoms with van der Waals surface area (Å²) in [6.45, 7) is 3.19. The minimum atomic E-state index is 0.490. The van der Waals surface area contributed by atoms with E-state index in [-0.39, 0.29) is 0 Å². The standard InChI is InChI=1S/C11H19N3S/c1-4-12-8-6-5-7-9-10(8)13-11(15-9)14(2)3/h8,12H,4-7H2,1-3H3. The normalized spacial score (nSPS) is 20.1. The Bertz CT molecular complexity index is 333. The van der Waals surface area contributed by atoms with Gasteiger partial charge in [-0.1, -0.05) is 6.92 Å². The fourth-order valence-electron chi connectivity index (χ4n) is 2.04. The molecule has 1 aliphatic carbocycles. The van der Waals surface area contributed by atoms with Gasteiger partial charge in [-0.15, -0.1) is 11.3 Å². The van der Waals surface area contributed by atoms with Gasteiger partial charge >= 0.3 is 0 Å². The molecular formula is C11H19N3S. The van der Waals surface area contributed by atoms with Crippen LogP contribution in [0, 0.1) is 0 Å². The van der Waals surface area contributed by atoms with Gasteiger partial charge in [0.15, 0.2) is 5.13 Å². The third kappa shape index (κ3) is 2.16. The van der Waals surface area contributed by atoms with Crippen LogP contribution in [0.1, 0.15) is 36.4 Å². The summed E-state index contributed by atoms with van der Waals surface area (Å²) in [5.41, 5.74) is 1.30. The summed E-state index contributed by atoms with van der Waals surface area (Å²) in [5.74, 6) is 0. The Morgan fingerprint density at radius 1 is 1.53 bits per heavy atom. The Morgan fingerprint density at radius 2 is 2.33 bits per heavy atom. The maximum absolute atomic E-state index is 4.73. The molecule has 1 unspecified atom stereocenters. The first-order valence-electron chi connectivity index (χ1n) is 5.62. The van der Waals surface area contributed by atoms with Crippen molar-refractivity contribution in [1.82, 2.24) is 10.3 Å². The van der Waals surface area contributed by atoms with Crippen LogP contribution in [-0.2, 0) is 6.42 Å². The Labute approximate surface area is 95.5 Å². The molecule has 1 heterocycles. The smallest absolute Gasteiger partial charge is 0.185 e. The van der Waals surface area contributed by atoms with E-state index in [1.807, 2.05) is 11.3 Å². The highest BCUT2D eigenvalue weighted by atomic mass is 32.1. The highest BCUT2D eigenvalue weighted by Crippen LogP contribution is 2.35. The Morgan fingerprint density at radius 3 is 3.00 bits per heavy atom. The van der Waals surface area contributed by atoms with Crippen molar-refractivity contribution in [2.24, 2.45) is 0 Å². The molecule has 0 saturated carbocycles. The lowest BCUT2D eigenvalue weighted by Crippen LogP contribution is -2.24. The molecule has 0 fully saturated rings. The molecule has 0 saturated heterocycles. The number of thiazole rings is 1. The lowest BCUT2D eigenvalue weighted by Gasteiger charge is -2.21. The number of nitrogens with zero attached hydrogens (tertiary/aromatic N) is 2. The van der Waals surface area contributed by atoms with Crippen LogP contribution in [0.5, 0.6) is 0 Å². The predicted molar refractivity (Wildman–Crippen MR) is 65.8 cm³/mol. The van der Waals surface area contributed by atoms with Crippen LogP contribution >= 0.6 is 11.3 Å². The quantitative estimate of drug-likeness (QED) is 0.854. The largest absolute Gasteiger partial charge is 0.354 e. The fourth-order valence-corrected chi connectivity index (χ4v) is 3.13. The second-order valence-electron chi connectivity index (χ2n) is 4.20. The number of aryl methyl sites for hydroxylation is 1. The van der Waals surface area contributed by atoms with Crippen LogP contribution in [0.25, 0.3) is 0 Å². The maximum Gasteiger partial charge on any atom is 0.185 e. The van der Waals surface area contributed by atoms with Gasteiger partial charge < -0.3 is 10.2 Å². The Kier molecular flexibility index (Phi) is 3.26. The van der Waals surface area contributed by atoms with Crippen molar-refractivity contribution in [1.29, 1.82) is 0 Å². The summed E-state index contributed by atoms with van der Waals surface area (Å²) in [7, 11) is 4.12. The molecule has 0 spiro atoms. The first-order chi connectivity index (χ1) is 7.22. The minimum Gasteiger partial charge on any atom is -0.354 e. The molecule has 4 heteroatoms. The van der Waals surface area contributed by atoms with Crippen molar-refractivity contribution >= 4 is 16.5 Å². The van der Waals surface area contributed by atoms with Gasteiger partial charge in [-0.2, -0.15) is 0 Å². The van der Waals surface area contributed by atoms with Gasteiger partial charge in [0.1, 0.15) is 0 Å². The number of rotatable bonds is 3. The number of nitrogens with one attached hydrogen (secondary N) is 1. The molecule has 1 atom stereocenters. The fraction of sp³-hybridized carbons (Fsp3) is 0.727. The molecule has 0 bridgehead atoms.